The van der Waals surface area contributed by atoms with Crippen molar-refractivity contribution in [3.05, 3.63) is 77.4 Å². The Hall–Kier alpha value is -3.28. The van der Waals surface area contributed by atoms with Gasteiger partial charge in [0.05, 0.1) is 0 Å². The highest BCUT2D eigenvalue weighted by Gasteiger charge is 2.10. The van der Waals surface area contributed by atoms with Gasteiger partial charge in [0, 0.05) is 11.6 Å². The van der Waals surface area contributed by atoms with Crippen LogP contribution in [0, 0.1) is 12.7 Å². The van der Waals surface area contributed by atoms with Gasteiger partial charge in [-0.15, -0.1) is 0 Å². The second-order valence-electron chi connectivity index (χ2n) is 5.37. The van der Waals surface area contributed by atoms with Crippen LogP contribution in [0.2, 0.25) is 0 Å². The van der Waals surface area contributed by atoms with Crippen LogP contribution in [0.1, 0.15) is 17.0 Å². The third-order valence-corrected chi connectivity index (χ3v) is 3.38. The number of rotatable bonds is 5. The van der Waals surface area contributed by atoms with Crippen molar-refractivity contribution >= 4 is 12.0 Å². The summed E-state index contributed by atoms with van der Waals surface area (Å²) in [5.41, 5.74) is 2.51. The first-order valence-electron chi connectivity index (χ1n) is 7.60. The lowest BCUT2D eigenvalue weighted by Crippen LogP contribution is -2.01. The Morgan fingerprint density at radius 3 is 2.80 bits per heavy atom. The van der Waals surface area contributed by atoms with Gasteiger partial charge in [-0.1, -0.05) is 47.1 Å². The summed E-state index contributed by atoms with van der Waals surface area (Å²) in [6.07, 6.45) is 2.68. The maximum Gasteiger partial charge on any atom is 0.331 e. The zero-order chi connectivity index (χ0) is 17.6. The average molecular weight is 338 g/mol. The van der Waals surface area contributed by atoms with Crippen molar-refractivity contribution in [3.63, 3.8) is 0 Å². The lowest BCUT2D eigenvalue weighted by atomic mass is 10.1. The van der Waals surface area contributed by atoms with E-state index in [-0.39, 0.29) is 18.3 Å². The normalized spacial score (nSPS) is 11.0. The zero-order valence-electron chi connectivity index (χ0n) is 13.5. The van der Waals surface area contributed by atoms with Crippen LogP contribution in [-0.4, -0.2) is 16.1 Å². The molecule has 0 aliphatic carbocycles. The van der Waals surface area contributed by atoms with Crippen molar-refractivity contribution in [2.24, 2.45) is 0 Å². The summed E-state index contributed by atoms with van der Waals surface area (Å²) in [5, 5.41) is 3.86. The molecule has 3 aromatic rings. The topological polar surface area (TPSA) is 65.2 Å². The first kappa shape index (κ1) is 16.6. The van der Waals surface area contributed by atoms with Crippen LogP contribution < -0.4 is 0 Å². The minimum atomic E-state index is -0.584. The van der Waals surface area contributed by atoms with Crippen molar-refractivity contribution in [2.45, 2.75) is 13.5 Å². The molecule has 0 radical (unpaired) electrons. The van der Waals surface area contributed by atoms with E-state index >= 15 is 0 Å². The maximum absolute atomic E-state index is 13.0. The fourth-order valence-electron chi connectivity index (χ4n) is 2.09. The summed E-state index contributed by atoms with van der Waals surface area (Å²) in [4.78, 5) is 15.9. The van der Waals surface area contributed by atoms with Crippen molar-refractivity contribution in [1.29, 1.82) is 0 Å². The zero-order valence-corrected chi connectivity index (χ0v) is 13.5. The summed E-state index contributed by atoms with van der Waals surface area (Å²) in [5.74, 6) is -0.325. The Balaban J connectivity index is 1.56. The van der Waals surface area contributed by atoms with Gasteiger partial charge < -0.3 is 9.26 Å². The number of benzene rings is 2. The van der Waals surface area contributed by atoms with Gasteiger partial charge in [0.15, 0.2) is 6.61 Å². The van der Waals surface area contributed by atoms with Crippen LogP contribution in [0.4, 0.5) is 4.39 Å². The van der Waals surface area contributed by atoms with Crippen LogP contribution in [0.3, 0.4) is 0 Å². The Bertz CT molecular complexity index is 901. The third-order valence-electron chi connectivity index (χ3n) is 3.38. The molecule has 0 saturated heterocycles. The lowest BCUT2D eigenvalue weighted by molar-refractivity contribution is -0.139. The SMILES string of the molecule is Cc1ccc(-c2noc(COC(=O)/C=C/c3cccc(F)c3)n2)cc1. The number of esters is 1. The smallest absolute Gasteiger partial charge is 0.331 e. The minimum Gasteiger partial charge on any atom is -0.452 e. The molecule has 0 amide bonds. The molecule has 126 valence electrons. The van der Waals surface area contributed by atoms with Crippen molar-refractivity contribution in [3.8, 4) is 11.4 Å². The number of carbonyl (C=O) groups is 1. The summed E-state index contributed by atoms with van der Waals surface area (Å²) in [6, 6.07) is 13.6. The third kappa shape index (κ3) is 4.60. The van der Waals surface area contributed by atoms with Gasteiger partial charge in [0.1, 0.15) is 5.82 Å². The molecular weight excluding hydrogens is 323 g/mol. The molecule has 1 heterocycles. The Kier molecular flexibility index (Phi) is 4.99. The first-order chi connectivity index (χ1) is 12.1. The van der Waals surface area contributed by atoms with Crippen LogP contribution in [0.5, 0.6) is 0 Å². The number of carbonyl (C=O) groups excluding carboxylic acids is 1. The lowest BCUT2D eigenvalue weighted by Gasteiger charge is -1.97. The molecule has 25 heavy (non-hydrogen) atoms. The van der Waals surface area contributed by atoms with E-state index in [2.05, 4.69) is 10.1 Å². The van der Waals surface area contributed by atoms with E-state index in [0.29, 0.717) is 11.4 Å². The molecule has 0 saturated carbocycles. The van der Waals surface area contributed by atoms with Gasteiger partial charge in [0.2, 0.25) is 5.82 Å². The molecule has 6 heteroatoms. The molecule has 0 spiro atoms. The molecular formula is C19H15FN2O3. The average Bonchev–Trinajstić information content (AvgIpc) is 3.08. The predicted molar refractivity (Wildman–Crippen MR) is 89.7 cm³/mol. The number of ether oxygens (including phenoxy) is 1. The highest BCUT2D eigenvalue weighted by atomic mass is 19.1. The number of hydrogen-bond donors (Lipinski definition) is 0. The number of nitrogens with zero attached hydrogens (tertiary/aromatic N) is 2. The highest BCUT2D eigenvalue weighted by molar-refractivity contribution is 5.86. The summed E-state index contributed by atoms with van der Waals surface area (Å²) in [7, 11) is 0. The van der Waals surface area contributed by atoms with E-state index in [4.69, 9.17) is 9.26 Å². The van der Waals surface area contributed by atoms with Crippen LogP contribution in [0.25, 0.3) is 17.5 Å². The molecule has 0 unspecified atom stereocenters. The molecule has 2 aromatic carbocycles. The highest BCUT2D eigenvalue weighted by Crippen LogP contribution is 2.16. The Morgan fingerprint density at radius 1 is 1.24 bits per heavy atom. The second-order valence-corrected chi connectivity index (χ2v) is 5.37. The molecule has 0 fully saturated rings. The largest absolute Gasteiger partial charge is 0.452 e. The summed E-state index contributed by atoms with van der Waals surface area (Å²) >= 11 is 0. The van der Waals surface area contributed by atoms with Gasteiger partial charge in [-0.3, -0.25) is 0 Å². The standard InChI is InChI=1S/C19H15FN2O3/c1-13-5-8-15(9-6-13)19-21-17(25-22-19)12-24-18(23)10-7-14-3-2-4-16(20)11-14/h2-11H,12H2,1H3/b10-7+. The van der Waals surface area contributed by atoms with Gasteiger partial charge in [-0.05, 0) is 30.7 Å². The quantitative estimate of drug-likeness (QED) is 0.521. The molecule has 3 rings (SSSR count). The van der Waals surface area contributed by atoms with Gasteiger partial charge in [-0.25, -0.2) is 9.18 Å². The summed E-state index contributed by atoms with van der Waals surface area (Å²) in [6.45, 7) is 1.85. The molecule has 1 aromatic heterocycles. The van der Waals surface area contributed by atoms with Crippen LogP contribution in [0.15, 0.2) is 59.1 Å². The number of hydrogen-bond acceptors (Lipinski definition) is 5. The molecule has 5 nitrogen and oxygen atoms in total. The molecule has 0 atom stereocenters. The maximum atomic E-state index is 13.0. The fraction of sp³-hybridized carbons (Fsp3) is 0.105. The van der Waals surface area contributed by atoms with Gasteiger partial charge >= 0.3 is 5.97 Å². The van der Waals surface area contributed by atoms with E-state index in [1.165, 1.54) is 24.3 Å². The molecule has 0 bridgehead atoms. The predicted octanol–water partition coefficient (Wildman–Crippen LogP) is 3.94. The number of halogens is 1. The van der Waals surface area contributed by atoms with E-state index in [0.717, 1.165) is 11.1 Å². The Labute approximate surface area is 143 Å². The molecule has 0 aliphatic heterocycles. The minimum absolute atomic E-state index is 0.134. The summed E-state index contributed by atoms with van der Waals surface area (Å²) < 4.78 is 23.1. The number of aryl methyl sites for hydroxylation is 1. The van der Waals surface area contributed by atoms with Crippen LogP contribution in [-0.2, 0) is 16.1 Å². The fourth-order valence-corrected chi connectivity index (χ4v) is 2.09. The first-order valence-corrected chi connectivity index (χ1v) is 7.60. The van der Waals surface area contributed by atoms with Gasteiger partial charge in [-0.2, -0.15) is 4.98 Å². The Morgan fingerprint density at radius 2 is 2.04 bits per heavy atom. The molecule has 0 N–H and O–H groups in total. The van der Waals surface area contributed by atoms with E-state index in [1.54, 1.807) is 12.1 Å². The van der Waals surface area contributed by atoms with E-state index < -0.39 is 5.97 Å². The van der Waals surface area contributed by atoms with Crippen molar-refractivity contribution in [2.75, 3.05) is 0 Å². The second kappa shape index (κ2) is 7.53. The van der Waals surface area contributed by atoms with Crippen molar-refractivity contribution in [1.82, 2.24) is 10.1 Å². The molecule has 0 aliphatic rings. The number of aromatic nitrogens is 2. The monoisotopic (exact) mass is 338 g/mol. The van der Waals surface area contributed by atoms with E-state index in [9.17, 15) is 9.18 Å². The van der Waals surface area contributed by atoms with Crippen LogP contribution >= 0.6 is 0 Å². The van der Waals surface area contributed by atoms with E-state index in [1.807, 2.05) is 31.2 Å². The van der Waals surface area contributed by atoms with Crippen molar-refractivity contribution < 1.29 is 18.4 Å². The van der Waals surface area contributed by atoms with Gasteiger partial charge in [0.25, 0.3) is 5.89 Å².